The largest absolute Gasteiger partial charge is 0.372 e. The van der Waals surface area contributed by atoms with Crippen molar-refractivity contribution in [1.29, 1.82) is 0 Å². The van der Waals surface area contributed by atoms with Crippen molar-refractivity contribution in [3.8, 4) is 0 Å². The molecule has 1 heterocycles. The van der Waals surface area contributed by atoms with E-state index in [4.69, 9.17) is 0 Å². The third kappa shape index (κ3) is 6.00. The molecule has 154 valence electrons. The first kappa shape index (κ1) is 21.7. The lowest BCUT2D eigenvalue weighted by Gasteiger charge is -2.20. The van der Waals surface area contributed by atoms with E-state index in [2.05, 4.69) is 31.5 Å². The Labute approximate surface area is 184 Å². The van der Waals surface area contributed by atoms with Gasteiger partial charge in [-0.3, -0.25) is 9.59 Å². The van der Waals surface area contributed by atoms with Gasteiger partial charge in [0.05, 0.1) is 5.56 Å². The number of hydrogen-bond donors (Lipinski definition) is 2. The second kappa shape index (κ2) is 10.7. The van der Waals surface area contributed by atoms with Crippen LogP contribution in [0.2, 0.25) is 0 Å². The normalized spacial score (nSPS) is 14.5. The predicted octanol–water partition coefficient (Wildman–Crippen LogP) is 4.54. The first-order chi connectivity index (χ1) is 14.1. The lowest BCUT2D eigenvalue weighted by Crippen LogP contribution is -2.44. The second-order valence-corrected chi connectivity index (χ2v) is 8.86. The molecule has 1 atom stereocenters. The van der Waals surface area contributed by atoms with Crippen LogP contribution in [0.15, 0.2) is 53.0 Å². The molecule has 29 heavy (non-hydrogen) atoms. The summed E-state index contributed by atoms with van der Waals surface area (Å²) in [4.78, 5) is 27.9. The van der Waals surface area contributed by atoms with E-state index in [9.17, 15) is 9.59 Å². The summed E-state index contributed by atoms with van der Waals surface area (Å²) >= 11 is 5.05. The number of rotatable bonds is 8. The van der Waals surface area contributed by atoms with Crippen molar-refractivity contribution in [2.75, 3.05) is 35.3 Å². The fourth-order valence-corrected chi connectivity index (χ4v) is 4.28. The highest BCUT2D eigenvalue weighted by Crippen LogP contribution is 2.22. The van der Waals surface area contributed by atoms with Crippen molar-refractivity contribution >= 4 is 50.9 Å². The van der Waals surface area contributed by atoms with E-state index in [0.29, 0.717) is 16.5 Å². The van der Waals surface area contributed by atoms with Crippen LogP contribution in [-0.4, -0.2) is 43.0 Å². The molecule has 0 bridgehead atoms. The van der Waals surface area contributed by atoms with Crippen molar-refractivity contribution in [1.82, 2.24) is 5.32 Å². The summed E-state index contributed by atoms with van der Waals surface area (Å²) in [5, 5.41) is 5.83. The van der Waals surface area contributed by atoms with Gasteiger partial charge in [-0.05, 0) is 83.6 Å². The minimum absolute atomic E-state index is 0.201. The van der Waals surface area contributed by atoms with E-state index in [0.717, 1.165) is 24.5 Å². The fraction of sp³-hybridized carbons (Fsp3) is 0.364. The number of amides is 2. The highest BCUT2D eigenvalue weighted by Gasteiger charge is 2.22. The van der Waals surface area contributed by atoms with Gasteiger partial charge in [0.2, 0.25) is 5.91 Å². The third-order valence-electron chi connectivity index (χ3n) is 4.96. The molecule has 2 aromatic carbocycles. The molecule has 2 amide bonds. The fourth-order valence-electron chi connectivity index (χ4n) is 3.35. The molecule has 1 fully saturated rings. The first-order valence-corrected chi connectivity index (χ1v) is 12.0. The van der Waals surface area contributed by atoms with Crippen LogP contribution in [0.5, 0.6) is 0 Å². The molecule has 0 aromatic heterocycles. The Bertz CT molecular complexity index is 838. The average Bonchev–Trinajstić information content (AvgIpc) is 3.26. The summed E-state index contributed by atoms with van der Waals surface area (Å²) in [6, 6.07) is 14.5. The Balaban J connectivity index is 1.65. The molecule has 3 rings (SSSR count). The molecular weight excluding hydrogens is 450 g/mol. The lowest BCUT2D eigenvalue weighted by molar-refractivity contribution is -0.118. The van der Waals surface area contributed by atoms with Crippen LogP contribution in [0.25, 0.3) is 0 Å². The van der Waals surface area contributed by atoms with Gasteiger partial charge >= 0.3 is 0 Å². The summed E-state index contributed by atoms with van der Waals surface area (Å²) in [5.74, 6) is 0.318. The predicted molar refractivity (Wildman–Crippen MR) is 125 cm³/mol. The van der Waals surface area contributed by atoms with Gasteiger partial charge in [0.1, 0.15) is 6.04 Å². The average molecular weight is 476 g/mol. The lowest BCUT2D eigenvalue weighted by atomic mass is 10.1. The zero-order valence-electron chi connectivity index (χ0n) is 16.5. The molecule has 0 radical (unpaired) electrons. The molecule has 5 nitrogen and oxygen atoms in total. The van der Waals surface area contributed by atoms with E-state index >= 15 is 0 Å². The Morgan fingerprint density at radius 3 is 2.45 bits per heavy atom. The Morgan fingerprint density at radius 2 is 1.79 bits per heavy atom. The van der Waals surface area contributed by atoms with Gasteiger partial charge in [-0.1, -0.05) is 12.1 Å². The number of anilines is 2. The minimum atomic E-state index is -0.597. The van der Waals surface area contributed by atoms with E-state index in [1.807, 2.05) is 42.7 Å². The zero-order valence-corrected chi connectivity index (χ0v) is 18.9. The number of carbonyl (C=O) groups is 2. The van der Waals surface area contributed by atoms with Gasteiger partial charge in [0.25, 0.3) is 5.91 Å². The first-order valence-electron chi connectivity index (χ1n) is 9.78. The standard InChI is InChI=1S/C22H26BrN3O2S/c1-29-15-12-20(25-21(27)18-6-2-3-7-19(18)23)22(28)24-16-8-10-17(11-9-16)26-13-4-5-14-26/h2-3,6-11,20H,4-5,12-15H2,1H3,(H,24,28)(H,25,27). The number of hydrogen-bond acceptors (Lipinski definition) is 4. The molecule has 2 N–H and O–H groups in total. The van der Waals surface area contributed by atoms with Gasteiger partial charge < -0.3 is 15.5 Å². The number of thioether (sulfide) groups is 1. The number of benzene rings is 2. The number of halogens is 1. The monoisotopic (exact) mass is 475 g/mol. The maximum Gasteiger partial charge on any atom is 0.253 e. The van der Waals surface area contributed by atoms with Crippen molar-refractivity contribution < 1.29 is 9.59 Å². The van der Waals surface area contributed by atoms with Crippen LogP contribution >= 0.6 is 27.7 Å². The second-order valence-electron chi connectivity index (χ2n) is 7.02. The minimum Gasteiger partial charge on any atom is -0.372 e. The van der Waals surface area contributed by atoms with Crippen LogP contribution in [0.4, 0.5) is 11.4 Å². The number of nitrogens with one attached hydrogen (secondary N) is 2. The summed E-state index contributed by atoms with van der Waals surface area (Å²) in [5.41, 5.74) is 2.44. The maximum absolute atomic E-state index is 12.9. The summed E-state index contributed by atoms with van der Waals surface area (Å²) in [7, 11) is 0. The number of carbonyl (C=O) groups excluding carboxylic acids is 2. The highest BCUT2D eigenvalue weighted by atomic mass is 79.9. The topological polar surface area (TPSA) is 61.4 Å². The van der Waals surface area contributed by atoms with Gasteiger partial charge in [-0.2, -0.15) is 11.8 Å². The van der Waals surface area contributed by atoms with E-state index < -0.39 is 6.04 Å². The highest BCUT2D eigenvalue weighted by molar-refractivity contribution is 9.10. The van der Waals surface area contributed by atoms with Crippen molar-refractivity contribution in [3.05, 3.63) is 58.6 Å². The van der Waals surface area contributed by atoms with Crippen LogP contribution in [0, 0.1) is 0 Å². The smallest absolute Gasteiger partial charge is 0.253 e. The van der Waals surface area contributed by atoms with Crippen LogP contribution in [-0.2, 0) is 4.79 Å². The third-order valence-corrected chi connectivity index (χ3v) is 6.29. The quantitative estimate of drug-likeness (QED) is 0.588. The van der Waals surface area contributed by atoms with Crippen molar-refractivity contribution in [2.45, 2.75) is 25.3 Å². The summed E-state index contributed by atoms with van der Waals surface area (Å²) in [6.07, 6.45) is 5.01. The molecule has 2 aromatic rings. The van der Waals surface area contributed by atoms with Gasteiger partial charge in [-0.15, -0.1) is 0 Å². The molecule has 7 heteroatoms. The molecule has 0 spiro atoms. The number of nitrogens with zero attached hydrogens (tertiary/aromatic N) is 1. The molecule has 1 aliphatic rings. The zero-order chi connectivity index (χ0) is 20.6. The SMILES string of the molecule is CSCCC(NC(=O)c1ccccc1Br)C(=O)Nc1ccc(N2CCCC2)cc1. The van der Waals surface area contributed by atoms with Crippen LogP contribution < -0.4 is 15.5 Å². The maximum atomic E-state index is 12.9. The van der Waals surface area contributed by atoms with E-state index in [-0.39, 0.29) is 11.8 Å². The van der Waals surface area contributed by atoms with E-state index in [1.54, 1.807) is 23.9 Å². The molecular formula is C22H26BrN3O2S. The van der Waals surface area contributed by atoms with Crippen molar-refractivity contribution in [2.24, 2.45) is 0 Å². The molecule has 1 unspecified atom stereocenters. The van der Waals surface area contributed by atoms with Crippen molar-refractivity contribution in [3.63, 3.8) is 0 Å². The van der Waals surface area contributed by atoms with Gasteiger partial charge in [0.15, 0.2) is 0 Å². The summed E-state index contributed by atoms with van der Waals surface area (Å²) < 4.78 is 0.707. The Morgan fingerprint density at radius 1 is 1.10 bits per heavy atom. The van der Waals surface area contributed by atoms with Crippen LogP contribution in [0.1, 0.15) is 29.6 Å². The van der Waals surface area contributed by atoms with E-state index in [1.165, 1.54) is 18.5 Å². The Hall–Kier alpha value is -1.99. The Kier molecular flexibility index (Phi) is 8.00. The van der Waals surface area contributed by atoms with Gasteiger partial charge in [0, 0.05) is 28.9 Å². The molecule has 1 aliphatic heterocycles. The molecule has 0 saturated carbocycles. The molecule has 1 saturated heterocycles. The van der Waals surface area contributed by atoms with Crippen LogP contribution in [0.3, 0.4) is 0 Å². The molecule has 0 aliphatic carbocycles. The summed E-state index contributed by atoms with van der Waals surface area (Å²) in [6.45, 7) is 2.17. The van der Waals surface area contributed by atoms with Gasteiger partial charge in [-0.25, -0.2) is 0 Å².